The standard InChI is InChI=1S/C27H35NO3S.ClH/c29-32(30,20-22-8-9-22)17-5-16-31-24-12-10-23-11-13-27(28-14-4-15-28)26(25(23)19-24)18-21-6-2-1-3-7-21;/h1-3,6-7,10,12,19,22,26-27H,4-5,8-9,11,13-18,20H2;1H. The maximum absolute atomic E-state index is 12.2. The van der Waals surface area contributed by atoms with Gasteiger partial charge < -0.3 is 4.74 Å². The molecule has 2 aromatic rings. The van der Waals surface area contributed by atoms with Crippen LogP contribution in [-0.2, 0) is 22.7 Å². The molecule has 2 aliphatic carbocycles. The van der Waals surface area contributed by atoms with E-state index in [-0.39, 0.29) is 18.2 Å². The van der Waals surface area contributed by atoms with Crippen LogP contribution in [0.15, 0.2) is 48.5 Å². The minimum atomic E-state index is -2.93. The van der Waals surface area contributed by atoms with E-state index in [1.54, 1.807) is 0 Å². The first-order valence-electron chi connectivity index (χ1n) is 12.3. The van der Waals surface area contributed by atoms with E-state index in [1.807, 2.05) is 0 Å². The fraction of sp³-hybridized carbons (Fsp3) is 0.556. The number of aryl methyl sites for hydroxylation is 1. The molecule has 0 amide bonds. The van der Waals surface area contributed by atoms with E-state index in [9.17, 15) is 8.42 Å². The molecule has 5 rings (SSSR count). The fourth-order valence-electron chi connectivity index (χ4n) is 5.37. The van der Waals surface area contributed by atoms with Crippen LogP contribution in [0.25, 0.3) is 0 Å². The second kappa shape index (κ2) is 10.8. The third-order valence-electron chi connectivity index (χ3n) is 7.40. The average molecular weight is 490 g/mol. The molecule has 0 bridgehead atoms. The topological polar surface area (TPSA) is 46.6 Å². The van der Waals surface area contributed by atoms with Gasteiger partial charge in [0.1, 0.15) is 5.75 Å². The van der Waals surface area contributed by atoms with E-state index in [0.29, 0.717) is 36.7 Å². The van der Waals surface area contributed by atoms with E-state index in [4.69, 9.17) is 4.74 Å². The van der Waals surface area contributed by atoms with Crippen LogP contribution in [-0.4, -0.2) is 50.6 Å². The molecule has 0 spiro atoms. The average Bonchev–Trinajstić information content (AvgIpc) is 3.55. The number of halogens is 1. The van der Waals surface area contributed by atoms with Crippen molar-refractivity contribution in [1.82, 2.24) is 4.90 Å². The zero-order valence-electron chi connectivity index (χ0n) is 19.3. The highest BCUT2D eigenvalue weighted by Crippen LogP contribution is 2.40. The molecular weight excluding hydrogens is 454 g/mol. The zero-order chi connectivity index (χ0) is 22.0. The summed E-state index contributed by atoms with van der Waals surface area (Å²) < 4.78 is 30.4. The largest absolute Gasteiger partial charge is 0.494 e. The van der Waals surface area contributed by atoms with Gasteiger partial charge >= 0.3 is 0 Å². The van der Waals surface area contributed by atoms with Gasteiger partial charge in [-0.25, -0.2) is 8.42 Å². The molecule has 2 aromatic carbocycles. The predicted octanol–water partition coefficient (Wildman–Crippen LogP) is 5.05. The highest BCUT2D eigenvalue weighted by molar-refractivity contribution is 7.91. The van der Waals surface area contributed by atoms with Crippen molar-refractivity contribution >= 4 is 22.2 Å². The summed E-state index contributed by atoms with van der Waals surface area (Å²) in [6.07, 6.45) is 7.44. The number of nitrogens with zero attached hydrogens (tertiary/aromatic N) is 1. The number of rotatable bonds is 10. The van der Waals surface area contributed by atoms with Crippen molar-refractivity contribution in [2.45, 2.75) is 56.9 Å². The van der Waals surface area contributed by atoms with Crippen molar-refractivity contribution in [3.05, 3.63) is 65.2 Å². The van der Waals surface area contributed by atoms with E-state index in [2.05, 4.69) is 53.4 Å². The lowest BCUT2D eigenvalue weighted by atomic mass is 9.75. The summed E-state index contributed by atoms with van der Waals surface area (Å²) in [7, 11) is -2.93. The van der Waals surface area contributed by atoms with Gasteiger partial charge in [-0.15, -0.1) is 12.4 Å². The maximum atomic E-state index is 12.2. The molecule has 2 unspecified atom stereocenters. The summed E-state index contributed by atoms with van der Waals surface area (Å²) in [5.41, 5.74) is 4.26. The number of likely N-dealkylation sites (tertiary alicyclic amines) is 1. The molecule has 2 fully saturated rings. The molecule has 2 atom stereocenters. The molecule has 0 N–H and O–H groups in total. The van der Waals surface area contributed by atoms with Crippen LogP contribution in [0.4, 0.5) is 0 Å². The quantitative estimate of drug-likeness (QED) is 0.438. The second-order valence-corrected chi connectivity index (χ2v) is 12.1. The smallest absolute Gasteiger partial charge is 0.150 e. The van der Waals surface area contributed by atoms with Gasteiger partial charge in [0.05, 0.1) is 18.1 Å². The van der Waals surface area contributed by atoms with E-state index < -0.39 is 9.84 Å². The lowest BCUT2D eigenvalue weighted by Crippen LogP contribution is -2.49. The Kier molecular flexibility index (Phi) is 8.03. The summed E-state index contributed by atoms with van der Waals surface area (Å²) in [4.78, 5) is 2.66. The third kappa shape index (κ3) is 6.32. The van der Waals surface area contributed by atoms with Crippen LogP contribution >= 0.6 is 12.4 Å². The Morgan fingerprint density at radius 1 is 1.00 bits per heavy atom. The van der Waals surface area contributed by atoms with Crippen molar-refractivity contribution in [2.24, 2.45) is 5.92 Å². The first kappa shape index (κ1) is 24.6. The lowest BCUT2D eigenvalue weighted by Gasteiger charge is -2.45. The Labute approximate surface area is 205 Å². The highest BCUT2D eigenvalue weighted by atomic mass is 35.5. The van der Waals surface area contributed by atoms with Crippen molar-refractivity contribution in [2.75, 3.05) is 31.2 Å². The van der Waals surface area contributed by atoms with Gasteiger partial charge in [-0.05, 0) is 92.8 Å². The van der Waals surface area contributed by atoms with Gasteiger partial charge in [0.2, 0.25) is 0 Å². The number of fused-ring (bicyclic) bond motifs is 1. The van der Waals surface area contributed by atoms with Crippen LogP contribution in [0.3, 0.4) is 0 Å². The van der Waals surface area contributed by atoms with Gasteiger partial charge in [-0.1, -0.05) is 36.4 Å². The van der Waals surface area contributed by atoms with E-state index >= 15 is 0 Å². The zero-order valence-corrected chi connectivity index (χ0v) is 21.0. The monoisotopic (exact) mass is 489 g/mol. The molecule has 1 heterocycles. The van der Waals surface area contributed by atoms with E-state index in [1.165, 1.54) is 42.6 Å². The van der Waals surface area contributed by atoms with Crippen LogP contribution in [0, 0.1) is 5.92 Å². The molecule has 0 radical (unpaired) electrons. The van der Waals surface area contributed by atoms with Crippen molar-refractivity contribution in [1.29, 1.82) is 0 Å². The maximum Gasteiger partial charge on any atom is 0.150 e. The first-order chi connectivity index (χ1) is 15.6. The molecular formula is C27H36ClNO3S. The Hall–Kier alpha value is -1.56. The fourth-order valence-corrected chi connectivity index (χ4v) is 7.14. The summed E-state index contributed by atoms with van der Waals surface area (Å²) in [5, 5.41) is 0. The Balaban J connectivity index is 0.00000259. The normalized spacial score (nSPS) is 22.7. The predicted molar refractivity (Wildman–Crippen MR) is 136 cm³/mol. The number of hydrogen-bond donors (Lipinski definition) is 0. The molecule has 0 aromatic heterocycles. The first-order valence-corrected chi connectivity index (χ1v) is 14.1. The van der Waals surface area contributed by atoms with Crippen LogP contribution in [0.5, 0.6) is 5.75 Å². The minimum absolute atomic E-state index is 0. The minimum Gasteiger partial charge on any atom is -0.494 e. The van der Waals surface area contributed by atoms with Gasteiger partial charge in [0.25, 0.3) is 0 Å². The number of hydrogen-bond acceptors (Lipinski definition) is 4. The second-order valence-electron chi connectivity index (χ2n) is 9.91. The number of ether oxygens (including phenoxy) is 1. The molecule has 1 saturated heterocycles. The molecule has 1 aliphatic heterocycles. The van der Waals surface area contributed by atoms with Gasteiger partial charge in [0, 0.05) is 12.0 Å². The van der Waals surface area contributed by atoms with E-state index in [0.717, 1.165) is 31.4 Å². The van der Waals surface area contributed by atoms with Crippen LogP contribution in [0.2, 0.25) is 0 Å². The number of sulfone groups is 1. The summed E-state index contributed by atoms with van der Waals surface area (Å²) in [5.74, 6) is 2.38. The Morgan fingerprint density at radius 3 is 2.48 bits per heavy atom. The molecule has 4 nitrogen and oxygen atoms in total. The Bertz CT molecular complexity index is 1020. The third-order valence-corrected chi connectivity index (χ3v) is 9.29. The molecule has 6 heteroatoms. The summed E-state index contributed by atoms with van der Waals surface area (Å²) in [6.45, 7) is 2.90. The summed E-state index contributed by atoms with van der Waals surface area (Å²) in [6, 6.07) is 18.0. The SMILES string of the molecule is Cl.O=S(=O)(CCCOc1ccc2c(c1)C(Cc1ccccc1)C(N1CCC1)CC2)CC1CC1. The molecule has 3 aliphatic rings. The number of benzene rings is 2. The van der Waals surface area contributed by atoms with Gasteiger partial charge in [-0.2, -0.15) is 0 Å². The van der Waals surface area contributed by atoms with Crippen LogP contribution < -0.4 is 4.74 Å². The lowest BCUT2D eigenvalue weighted by molar-refractivity contribution is 0.0876. The van der Waals surface area contributed by atoms with Crippen molar-refractivity contribution in [3.8, 4) is 5.75 Å². The summed E-state index contributed by atoms with van der Waals surface area (Å²) >= 11 is 0. The van der Waals surface area contributed by atoms with Crippen LogP contribution in [0.1, 0.15) is 54.7 Å². The van der Waals surface area contributed by atoms with Crippen molar-refractivity contribution in [3.63, 3.8) is 0 Å². The molecule has 1 saturated carbocycles. The highest BCUT2D eigenvalue weighted by Gasteiger charge is 2.36. The molecule has 180 valence electrons. The molecule has 33 heavy (non-hydrogen) atoms. The van der Waals surface area contributed by atoms with Crippen molar-refractivity contribution < 1.29 is 13.2 Å². The van der Waals surface area contributed by atoms with Gasteiger partial charge in [-0.3, -0.25) is 4.90 Å². The van der Waals surface area contributed by atoms with Gasteiger partial charge in [0.15, 0.2) is 9.84 Å². The Morgan fingerprint density at radius 2 is 1.79 bits per heavy atom.